The molecule has 0 aromatic heterocycles. The predicted octanol–water partition coefficient (Wildman–Crippen LogP) is 2.39. The SMILES string of the molecule is CC(=O)NC(C(=O)Nc1ccccc1C)C(=O)Nc1ccccc1C. The zero-order chi connectivity index (χ0) is 18.4. The summed E-state index contributed by atoms with van der Waals surface area (Å²) in [5.74, 6) is -1.67. The lowest BCUT2D eigenvalue weighted by Gasteiger charge is -2.18. The molecule has 0 radical (unpaired) electrons. The smallest absolute Gasteiger partial charge is 0.256 e. The summed E-state index contributed by atoms with van der Waals surface area (Å²) in [6.45, 7) is 4.95. The molecule has 6 heteroatoms. The first-order chi connectivity index (χ1) is 11.9. The Morgan fingerprint density at radius 3 is 1.52 bits per heavy atom. The highest BCUT2D eigenvalue weighted by Gasteiger charge is 2.28. The third-order valence-electron chi connectivity index (χ3n) is 3.68. The minimum absolute atomic E-state index is 0.468. The second-order valence-electron chi connectivity index (χ2n) is 5.74. The Hall–Kier alpha value is -3.15. The molecule has 2 rings (SSSR count). The van der Waals surface area contributed by atoms with Crippen LogP contribution < -0.4 is 16.0 Å². The number of carbonyl (C=O) groups excluding carboxylic acids is 3. The predicted molar refractivity (Wildman–Crippen MR) is 97.2 cm³/mol. The number of nitrogens with one attached hydrogen (secondary N) is 3. The zero-order valence-electron chi connectivity index (χ0n) is 14.4. The van der Waals surface area contributed by atoms with Gasteiger partial charge in [0, 0.05) is 18.3 Å². The van der Waals surface area contributed by atoms with Gasteiger partial charge in [-0.05, 0) is 37.1 Å². The Bertz CT molecular complexity index is 743. The molecule has 0 aliphatic carbocycles. The summed E-state index contributed by atoms with van der Waals surface area (Å²) in [6.07, 6.45) is 0. The van der Waals surface area contributed by atoms with Gasteiger partial charge in [-0.3, -0.25) is 14.4 Å². The van der Waals surface area contributed by atoms with Gasteiger partial charge in [-0.1, -0.05) is 36.4 Å². The van der Waals surface area contributed by atoms with Crippen molar-refractivity contribution in [1.29, 1.82) is 0 Å². The summed E-state index contributed by atoms with van der Waals surface area (Å²) in [7, 11) is 0. The number of hydrogen-bond donors (Lipinski definition) is 3. The number of para-hydroxylation sites is 2. The van der Waals surface area contributed by atoms with Gasteiger partial charge >= 0.3 is 0 Å². The molecule has 3 amide bonds. The van der Waals surface area contributed by atoms with Crippen molar-refractivity contribution in [3.8, 4) is 0 Å². The molecule has 0 bridgehead atoms. The number of carbonyl (C=O) groups is 3. The van der Waals surface area contributed by atoms with Crippen LogP contribution in [0.2, 0.25) is 0 Å². The molecule has 0 fully saturated rings. The monoisotopic (exact) mass is 339 g/mol. The first-order valence-corrected chi connectivity index (χ1v) is 7.88. The van der Waals surface area contributed by atoms with Gasteiger partial charge in [-0.25, -0.2) is 0 Å². The lowest BCUT2D eigenvalue weighted by molar-refractivity contribution is -0.131. The number of amides is 3. The van der Waals surface area contributed by atoms with E-state index in [1.807, 2.05) is 38.1 Å². The molecule has 0 heterocycles. The van der Waals surface area contributed by atoms with Gasteiger partial charge in [-0.2, -0.15) is 0 Å². The quantitative estimate of drug-likeness (QED) is 0.731. The van der Waals surface area contributed by atoms with E-state index < -0.39 is 23.8 Å². The average molecular weight is 339 g/mol. The molecule has 25 heavy (non-hydrogen) atoms. The standard InChI is InChI=1S/C19H21N3O3/c1-12-8-4-6-10-15(12)21-18(24)17(20-14(3)23)19(25)22-16-11-7-5-9-13(16)2/h4-11,17H,1-3H3,(H,20,23)(H,21,24)(H,22,25). The fraction of sp³-hybridized carbons (Fsp3) is 0.211. The van der Waals surface area contributed by atoms with Crippen LogP contribution in [-0.2, 0) is 14.4 Å². The van der Waals surface area contributed by atoms with Crippen molar-refractivity contribution in [2.24, 2.45) is 0 Å². The highest BCUT2D eigenvalue weighted by molar-refractivity contribution is 6.16. The Morgan fingerprint density at radius 2 is 1.16 bits per heavy atom. The lowest BCUT2D eigenvalue weighted by atomic mass is 10.1. The van der Waals surface area contributed by atoms with Crippen LogP contribution >= 0.6 is 0 Å². The third kappa shape index (κ3) is 4.91. The van der Waals surface area contributed by atoms with E-state index in [2.05, 4.69) is 16.0 Å². The molecule has 3 N–H and O–H groups in total. The molecule has 0 saturated carbocycles. The second-order valence-corrected chi connectivity index (χ2v) is 5.74. The minimum atomic E-state index is -1.34. The molecular formula is C19H21N3O3. The van der Waals surface area contributed by atoms with Crippen molar-refractivity contribution >= 4 is 29.1 Å². The fourth-order valence-electron chi connectivity index (χ4n) is 2.29. The van der Waals surface area contributed by atoms with Crippen molar-refractivity contribution < 1.29 is 14.4 Å². The van der Waals surface area contributed by atoms with Gasteiger partial charge in [-0.15, -0.1) is 0 Å². The molecule has 2 aromatic carbocycles. The number of anilines is 2. The Labute approximate surface area is 146 Å². The van der Waals surface area contributed by atoms with Crippen LogP contribution in [-0.4, -0.2) is 23.8 Å². The first-order valence-electron chi connectivity index (χ1n) is 7.88. The topological polar surface area (TPSA) is 87.3 Å². The van der Waals surface area contributed by atoms with Gasteiger partial charge in [0.25, 0.3) is 11.8 Å². The Balaban J connectivity index is 2.18. The molecule has 130 valence electrons. The maximum atomic E-state index is 12.5. The normalized spacial score (nSPS) is 10.2. The first kappa shape index (κ1) is 18.2. The van der Waals surface area contributed by atoms with Gasteiger partial charge in [0.15, 0.2) is 6.04 Å². The summed E-state index contributed by atoms with van der Waals surface area (Å²) in [5.41, 5.74) is 2.89. The summed E-state index contributed by atoms with van der Waals surface area (Å²) in [6, 6.07) is 13.1. The van der Waals surface area contributed by atoms with Crippen LogP contribution in [0.4, 0.5) is 11.4 Å². The molecule has 6 nitrogen and oxygen atoms in total. The number of aryl methyl sites for hydroxylation is 2. The van der Waals surface area contributed by atoms with Gasteiger partial charge < -0.3 is 16.0 Å². The highest BCUT2D eigenvalue weighted by Crippen LogP contribution is 2.15. The van der Waals surface area contributed by atoms with E-state index in [-0.39, 0.29) is 0 Å². The number of benzene rings is 2. The molecule has 0 saturated heterocycles. The van der Waals surface area contributed by atoms with Crippen LogP contribution in [0.25, 0.3) is 0 Å². The number of rotatable bonds is 5. The Morgan fingerprint density at radius 1 is 0.760 bits per heavy atom. The summed E-state index contributed by atoms with van der Waals surface area (Å²) in [4.78, 5) is 36.5. The highest BCUT2D eigenvalue weighted by atomic mass is 16.2. The van der Waals surface area contributed by atoms with E-state index in [0.717, 1.165) is 11.1 Å². The van der Waals surface area contributed by atoms with Crippen molar-refractivity contribution in [2.75, 3.05) is 10.6 Å². The van der Waals surface area contributed by atoms with E-state index in [1.165, 1.54) is 6.92 Å². The third-order valence-corrected chi connectivity index (χ3v) is 3.68. The van der Waals surface area contributed by atoms with E-state index in [4.69, 9.17) is 0 Å². The summed E-state index contributed by atoms with van der Waals surface area (Å²) in [5, 5.41) is 7.76. The van der Waals surface area contributed by atoms with E-state index in [1.54, 1.807) is 24.3 Å². The largest absolute Gasteiger partial charge is 0.337 e. The molecule has 0 spiro atoms. The van der Waals surface area contributed by atoms with Crippen LogP contribution in [0, 0.1) is 13.8 Å². The second kappa shape index (κ2) is 8.10. The maximum absolute atomic E-state index is 12.5. The van der Waals surface area contributed by atoms with Crippen LogP contribution in [0.1, 0.15) is 18.1 Å². The molecule has 0 aliphatic rings. The van der Waals surface area contributed by atoms with E-state index >= 15 is 0 Å². The van der Waals surface area contributed by atoms with Crippen LogP contribution in [0.5, 0.6) is 0 Å². The molecular weight excluding hydrogens is 318 g/mol. The van der Waals surface area contributed by atoms with Crippen molar-refractivity contribution in [1.82, 2.24) is 5.32 Å². The van der Waals surface area contributed by atoms with Crippen molar-refractivity contribution in [3.63, 3.8) is 0 Å². The van der Waals surface area contributed by atoms with E-state index in [0.29, 0.717) is 11.4 Å². The summed E-state index contributed by atoms with van der Waals surface area (Å²) >= 11 is 0. The zero-order valence-corrected chi connectivity index (χ0v) is 14.4. The molecule has 0 aliphatic heterocycles. The number of hydrogen-bond acceptors (Lipinski definition) is 3. The minimum Gasteiger partial charge on any atom is -0.337 e. The molecule has 2 aromatic rings. The fourth-order valence-corrected chi connectivity index (χ4v) is 2.29. The van der Waals surface area contributed by atoms with Gasteiger partial charge in [0.1, 0.15) is 0 Å². The molecule has 0 atom stereocenters. The van der Waals surface area contributed by atoms with Crippen LogP contribution in [0.15, 0.2) is 48.5 Å². The Kier molecular flexibility index (Phi) is 5.89. The lowest BCUT2D eigenvalue weighted by Crippen LogP contribution is -2.50. The van der Waals surface area contributed by atoms with Crippen LogP contribution in [0.3, 0.4) is 0 Å². The molecule has 0 unspecified atom stereocenters. The van der Waals surface area contributed by atoms with E-state index in [9.17, 15) is 14.4 Å². The van der Waals surface area contributed by atoms with Gasteiger partial charge in [0.2, 0.25) is 5.91 Å². The average Bonchev–Trinajstić information content (AvgIpc) is 2.56. The van der Waals surface area contributed by atoms with Crippen molar-refractivity contribution in [2.45, 2.75) is 26.8 Å². The van der Waals surface area contributed by atoms with Gasteiger partial charge in [0.05, 0.1) is 0 Å². The van der Waals surface area contributed by atoms with Crippen molar-refractivity contribution in [3.05, 3.63) is 59.7 Å². The summed E-state index contributed by atoms with van der Waals surface area (Å²) < 4.78 is 0. The maximum Gasteiger partial charge on any atom is 0.256 e.